The highest BCUT2D eigenvalue weighted by Crippen LogP contribution is 2.41. The second kappa shape index (κ2) is 20.7. The zero-order valence-corrected chi connectivity index (χ0v) is 37.9. The lowest BCUT2D eigenvalue weighted by atomic mass is 9.85. The molecule has 7 rings (SSSR count). The standard InChI is InChI=1S/C48H59F2N7O6S/c1-29-21-36-35-11-7-8-12-37(35)54-42(36)43(56(29)26-40(49)50)38-18-17-34(24-51-38)63-20-10-6-9-19-62-27-41(59)55-45(48(3,4)5)47(61)57-25-33(58)22-39(57)46(60)52-23-31-13-15-32(16-14-31)44-30(2)53-28-64-44/h7-8,11-18,24,28-29,33,39-40,43,45,54,58H,6,9-10,19-23,25-27H2,1-5H3,(H,52,60)(H,55,59)/t29-,33-,39+,43-,45-/m1/s1. The van der Waals surface area contributed by atoms with Crippen LogP contribution in [0, 0.1) is 12.3 Å². The van der Waals surface area contributed by atoms with E-state index in [-0.39, 0.29) is 44.6 Å². The van der Waals surface area contributed by atoms with Crippen LogP contribution >= 0.6 is 11.3 Å². The molecule has 13 nitrogen and oxygen atoms in total. The van der Waals surface area contributed by atoms with Crippen molar-refractivity contribution in [1.82, 2.24) is 35.4 Å². The van der Waals surface area contributed by atoms with Gasteiger partial charge in [-0.2, -0.15) is 0 Å². The molecule has 1 saturated heterocycles. The topological polar surface area (TPSA) is 162 Å². The highest BCUT2D eigenvalue weighted by Gasteiger charge is 2.44. The molecular formula is C48H59F2N7O6S. The van der Waals surface area contributed by atoms with Gasteiger partial charge in [-0.15, -0.1) is 11.3 Å². The molecule has 0 aliphatic carbocycles. The van der Waals surface area contributed by atoms with Crippen molar-refractivity contribution >= 4 is 40.0 Å². The average molecular weight is 900 g/mol. The van der Waals surface area contributed by atoms with Gasteiger partial charge in [0.2, 0.25) is 17.7 Å². The molecule has 0 saturated carbocycles. The minimum Gasteiger partial charge on any atom is -0.492 e. The molecule has 0 bridgehead atoms. The van der Waals surface area contributed by atoms with Gasteiger partial charge in [-0.05, 0) is 79.8 Å². The summed E-state index contributed by atoms with van der Waals surface area (Å²) in [4.78, 5) is 57.3. The number of benzene rings is 2. The van der Waals surface area contributed by atoms with Crippen molar-refractivity contribution in [2.24, 2.45) is 5.41 Å². The number of hydrogen-bond donors (Lipinski definition) is 4. The van der Waals surface area contributed by atoms with Crippen LogP contribution in [0.5, 0.6) is 5.75 Å². The minimum atomic E-state index is -2.48. The lowest BCUT2D eigenvalue weighted by Crippen LogP contribution is -2.58. The maximum Gasteiger partial charge on any atom is 0.251 e. The molecular weight excluding hydrogens is 841 g/mol. The third-order valence-electron chi connectivity index (χ3n) is 12.1. The third-order valence-corrected chi connectivity index (χ3v) is 13.0. The summed E-state index contributed by atoms with van der Waals surface area (Å²) in [7, 11) is 0. The number of carbonyl (C=O) groups is 3. The van der Waals surface area contributed by atoms with Crippen molar-refractivity contribution in [3.8, 4) is 16.2 Å². The number of ether oxygens (including phenoxy) is 2. The summed E-state index contributed by atoms with van der Waals surface area (Å²) in [5.74, 6) is -0.677. The fraction of sp³-hybridized carbons (Fsp3) is 0.479. The number of amides is 3. The van der Waals surface area contributed by atoms with E-state index in [0.29, 0.717) is 37.5 Å². The highest BCUT2D eigenvalue weighted by atomic mass is 32.1. The number of aliphatic hydroxyl groups is 1. The van der Waals surface area contributed by atoms with Crippen LogP contribution in [0.1, 0.15) is 87.6 Å². The Labute approximate surface area is 377 Å². The first kappa shape index (κ1) is 46.7. The Morgan fingerprint density at radius 2 is 1.78 bits per heavy atom. The van der Waals surface area contributed by atoms with E-state index < -0.39 is 47.9 Å². The number of carbonyl (C=O) groups excluding carboxylic acids is 3. The number of nitrogens with zero attached hydrogens (tertiary/aromatic N) is 4. The Morgan fingerprint density at radius 1 is 1.02 bits per heavy atom. The van der Waals surface area contributed by atoms with Crippen molar-refractivity contribution < 1.29 is 37.7 Å². The van der Waals surface area contributed by atoms with Gasteiger partial charge in [0, 0.05) is 48.8 Å². The minimum absolute atomic E-state index is 0.0149. The molecule has 2 aliphatic heterocycles. The van der Waals surface area contributed by atoms with Crippen LogP contribution in [0.15, 0.2) is 72.4 Å². The Balaban J connectivity index is 0.835. The number of likely N-dealkylation sites (tertiary alicyclic amines) is 1. The predicted octanol–water partition coefficient (Wildman–Crippen LogP) is 6.97. The number of unbranched alkanes of at least 4 members (excludes halogenated alkanes) is 2. The van der Waals surface area contributed by atoms with Crippen molar-refractivity contribution in [2.45, 2.75) is 110 Å². The Hall–Kier alpha value is -5.29. The summed E-state index contributed by atoms with van der Waals surface area (Å²) < 4.78 is 39.2. The second-order valence-electron chi connectivity index (χ2n) is 17.9. The van der Waals surface area contributed by atoms with Crippen molar-refractivity contribution in [3.63, 3.8) is 0 Å². The van der Waals surface area contributed by atoms with Gasteiger partial charge in [-0.25, -0.2) is 13.8 Å². The molecule has 0 radical (unpaired) electrons. The van der Waals surface area contributed by atoms with Crippen LogP contribution in [0.3, 0.4) is 0 Å². The number of H-pyrrole nitrogens is 1. The van der Waals surface area contributed by atoms with E-state index in [0.717, 1.165) is 56.7 Å². The number of pyridine rings is 1. The van der Waals surface area contributed by atoms with E-state index in [4.69, 9.17) is 9.47 Å². The normalized spacial score (nSPS) is 19.5. The number of aryl methyl sites for hydroxylation is 1. The maximum atomic E-state index is 14.0. The number of aliphatic hydroxyl groups excluding tert-OH is 1. The molecule has 5 heterocycles. The number of halogens is 2. The number of fused-ring (bicyclic) bond motifs is 3. The quantitative estimate of drug-likeness (QED) is 0.0681. The van der Waals surface area contributed by atoms with Crippen LogP contribution in [0.25, 0.3) is 21.3 Å². The predicted molar refractivity (Wildman–Crippen MR) is 242 cm³/mol. The number of aromatic amines is 1. The molecule has 2 aromatic carbocycles. The van der Waals surface area contributed by atoms with Crippen LogP contribution in [0.2, 0.25) is 0 Å². The van der Waals surface area contributed by atoms with Gasteiger partial charge in [0.25, 0.3) is 6.43 Å². The summed E-state index contributed by atoms with van der Waals surface area (Å²) in [6.45, 7) is 9.87. The zero-order chi connectivity index (χ0) is 45.5. The molecule has 0 spiro atoms. The maximum absolute atomic E-state index is 14.0. The van der Waals surface area contributed by atoms with Gasteiger partial charge >= 0.3 is 0 Å². The number of hydrogen-bond acceptors (Lipinski definition) is 10. The first-order chi connectivity index (χ1) is 30.7. The first-order valence-electron chi connectivity index (χ1n) is 22.0. The van der Waals surface area contributed by atoms with Gasteiger partial charge in [0.15, 0.2) is 0 Å². The van der Waals surface area contributed by atoms with E-state index >= 15 is 0 Å². The molecule has 5 aromatic rings. The number of aromatic nitrogens is 3. The van der Waals surface area contributed by atoms with Crippen molar-refractivity contribution in [2.75, 3.05) is 32.9 Å². The number of para-hydroxylation sites is 1. The molecule has 16 heteroatoms. The number of nitrogens with one attached hydrogen (secondary N) is 3. The third kappa shape index (κ3) is 11.1. The zero-order valence-electron chi connectivity index (χ0n) is 37.1. The van der Waals surface area contributed by atoms with Crippen LogP contribution < -0.4 is 15.4 Å². The summed E-state index contributed by atoms with van der Waals surface area (Å²) in [5, 5.41) is 17.4. The van der Waals surface area contributed by atoms with Crippen molar-refractivity contribution in [1.29, 1.82) is 0 Å². The average Bonchev–Trinajstić information content (AvgIpc) is 3.99. The van der Waals surface area contributed by atoms with E-state index in [1.165, 1.54) is 4.90 Å². The monoisotopic (exact) mass is 899 g/mol. The highest BCUT2D eigenvalue weighted by molar-refractivity contribution is 7.13. The summed E-state index contributed by atoms with van der Waals surface area (Å²) in [6, 6.07) is 17.2. The van der Waals surface area contributed by atoms with E-state index in [1.807, 2.05) is 99.6 Å². The molecule has 342 valence electrons. The van der Waals surface area contributed by atoms with Gasteiger partial charge in [0.05, 0.1) is 53.3 Å². The van der Waals surface area contributed by atoms with Crippen LogP contribution in [-0.4, -0.2) is 111 Å². The fourth-order valence-electron chi connectivity index (χ4n) is 8.73. The summed E-state index contributed by atoms with van der Waals surface area (Å²) in [5.41, 5.74) is 7.71. The Kier molecular flexibility index (Phi) is 15.1. The number of thiazole rings is 1. The number of β-amino-alcohol motifs (C(OH)–C–C–N with tert-alkyl or cyclic N) is 1. The summed E-state index contributed by atoms with van der Waals surface area (Å²) in [6.07, 6.45) is 1.25. The van der Waals surface area contributed by atoms with E-state index in [1.54, 1.807) is 17.5 Å². The summed E-state index contributed by atoms with van der Waals surface area (Å²) >= 11 is 1.57. The van der Waals surface area contributed by atoms with E-state index in [9.17, 15) is 28.3 Å². The van der Waals surface area contributed by atoms with Crippen molar-refractivity contribution in [3.05, 3.63) is 101 Å². The molecule has 64 heavy (non-hydrogen) atoms. The molecule has 5 atom stereocenters. The number of rotatable bonds is 18. The molecule has 4 N–H and O–H groups in total. The van der Waals surface area contributed by atoms with Gasteiger partial charge < -0.3 is 35.1 Å². The number of alkyl halides is 2. The first-order valence-corrected chi connectivity index (χ1v) is 22.9. The lowest BCUT2D eigenvalue weighted by molar-refractivity contribution is -0.144. The smallest absolute Gasteiger partial charge is 0.251 e. The second-order valence-corrected chi connectivity index (χ2v) is 18.8. The largest absolute Gasteiger partial charge is 0.492 e. The molecule has 0 unspecified atom stereocenters. The van der Waals surface area contributed by atoms with Gasteiger partial charge in [-0.1, -0.05) is 63.2 Å². The fourth-order valence-corrected chi connectivity index (χ4v) is 9.54. The molecule has 2 aliphatic rings. The lowest BCUT2D eigenvalue weighted by Gasteiger charge is -2.40. The van der Waals surface area contributed by atoms with Crippen LogP contribution in [0.4, 0.5) is 8.78 Å². The Bertz CT molecular complexity index is 2370. The SMILES string of the molecule is Cc1ncsc1-c1ccc(CNC(=O)[C@@H]2C[C@@H](O)CN2C(=O)[C@@H](NC(=O)COCCCCCOc2ccc([C@@H]3c4[nH]c5ccccc5c4C[C@@H](C)N3CC(F)F)nc2)C(C)(C)C)cc1. The van der Waals surface area contributed by atoms with Gasteiger partial charge in [0.1, 0.15) is 24.4 Å². The molecule has 3 aromatic heterocycles. The van der Waals surface area contributed by atoms with E-state index in [2.05, 4.69) is 31.7 Å². The molecule has 3 amide bonds. The van der Waals surface area contributed by atoms with Crippen LogP contribution in [-0.2, 0) is 32.1 Å². The Morgan fingerprint density at radius 3 is 2.48 bits per heavy atom. The molecule has 1 fully saturated rings. The van der Waals surface area contributed by atoms with Gasteiger partial charge in [-0.3, -0.25) is 24.3 Å².